The minimum atomic E-state index is -0.462. The number of piperidine rings is 1. The molecule has 2 saturated carbocycles. The van der Waals surface area contributed by atoms with E-state index in [9.17, 15) is 9.59 Å². The van der Waals surface area contributed by atoms with Gasteiger partial charge in [-0.1, -0.05) is 23.3 Å². The summed E-state index contributed by atoms with van der Waals surface area (Å²) >= 11 is 1.62. The van der Waals surface area contributed by atoms with Gasteiger partial charge < -0.3 is 14.7 Å². The van der Waals surface area contributed by atoms with Gasteiger partial charge in [0.05, 0.1) is 10.8 Å². The average Bonchev–Trinajstić information content (AvgIpc) is 3.48. The number of hydrogen-bond donors (Lipinski definition) is 1. The molecule has 1 aromatic rings. The smallest absolute Gasteiger partial charge is 0.276 e. The van der Waals surface area contributed by atoms with Crippen molar-refractivity contribution in [1.29, 1.82) is 0 Å². The Morgan fingerprint density at radius 3 is 2.77 bits per heavy atom. The van der Waals surface area contributed by atoms with Crippen LogP contribution in [0.15, 0.2) is 15.6 Å². The Labute approximate surface area is 181 Å². The number of nitrogens with zero attached hydrogens (tertiary/aromatic N) is 3. The van der Waals surface area contributed by atoms with Crippen LogP contribution in [0, 0.1) is 24.7 Å². The summed E-state index contributed by atoms with van der Waals surface area (Å²) in [5, 5.41) is 7.73. The highest BCUT2D eigenvalue weighted by atomic mass is 32.2. The van der Waals surface area contributed by atoms with Crippen molar-refractivity contribution in [3.63, 3.8) is 0 Å². The van der Waals surface area contributed by atoms with Crippen molar-refractivity contribution < 1.29 is 14.1 Å². The van der Waals surface area contributed by atoms with Gasteiger partial charge in [0.25, 0.3) is 5.91 Å². The molecule has 8 heteroatoms. The van der Waals surface area contributed by atoms with Crippen LogP contribution in [0.25, 0.3) is 0 Å². The first-order valence-corrected chi connectivity index (χ1v) is 12.0. The summed E-state index contributed by atoms with van der Waals surface area (Å²) in [6, 6.07) is 2.09. The van der Waals surface area contributed by atoms with Crippen molar-refractivity contribution >= 4 is 28.7 Å². The fourth-order valence-corrected chi connectivity index (χ4v) is 6.97. The number of aliphatic imine (C=N–C) groups is 1. The zero-order valence-electron chi connectivity index (χ0n) is 17.7. The van der Waals surface area contributed by atoms with Crippen molar-refractivity contribution in [1.82, 2.24) is 15.4 Å². The molecule has 2 bridgehead atoms. The molecule has 4 fully saturated rings. The number of rotatable bonds is 4. The average molecular weight is 431 g/mol. The summed E-state index contributed by atoms with van der Waals surface area (Å²) in [6.07, 6.45) is 7.81. The van der Waals surface area contributed by atoms with Gasteiger partial charge in [-0.25, -0.2) is 0 Å². The van der Waals surface area contributed by atoms with E-state index in [1.54, 1.807) is 24.8 Å². The first kappa shape index (κ1) is 20.1. The van der Waals surface area contributed by atoms with E-state index in [0.717, 1.165) is 36.3 Å². The zero-order valence-corrected chi connectivity index (χ0v) is 18.5. The Morgan fingerprint density at radius 2 is 2.13 bits per heavy atom. The van der Waals surface area contributed by atoms with Crippen molar-refractivity contribution in [2.45, 2.75) is 69.6 Å². The Balaban J connectivity index is 1.16. The van der Waals surface area contributed by atoms with E-state index >= 15 is 0 Å². The van der Waals surface area contributed by atoms with Gasteiger partial charge >= 0.3 is 0 Å². The molecule has 4 aliphatic rings. The summed E-state index contributed by atoms with van der Waals surface area (Å²) in [5.74, 6) is 2.68. The predicted molar refractivity (Wildman–Crippen MR) is 115 cm³/mol. The van der Waals surface area contributed by atoms with Gasteiger partial charge in [0, 0.05) is 19.2 Å². The SMILES string of the molecule is Cc1cc(C(=O)N2CCC(CC3(C)SC(=N[C@H]4CC5CCC4C5)NC3=O)CC2)no1. The maximum atomic E-state index is 12.8. The van der Waals surface area contributed by atoms with E-state index < -0.39 is 4.75 Å². The number of amides is 2. The van der Waals surface area contributed by atoms with Gasteiger partial charge in [0.15, 0.2) is 10.9 Å². The van der Waals surface area contributed by atoms with E-state index in [1.807, 2.05) is 11.8 Å². The number of fused-ring (bicyclic) bond motifs is 2. The van der Waals surface area contributed by atoms with Gasteiger partial charge in [-0.05, 0) is 70.1 Å². The Hall–Kier alpha value is -1.83. The monoisotopic (exact) mass is 430 g/mol. The number of carbonyl (C=O) groups is 2. The molecule has 162 valence electrons. The largest absolute Gasteiger partial charge is 0.361 e. The second kappa shape index (κ2) is 7.70. The van der Waals surface area contributed by atoms with Crippen LogP contribution in [0.1, 0.15) is 68.1 Å². The molecule has 0 spiro atoms. The topological polar surface area (TPSA) is 87.8 Å². The first-order valence-electron chi connectivity index (χ1n) is 11.2. The van der Waals surface area contributed by atoms with Crippen LogP contribution in [0.5, 0.6) is 0 Å². The van der Waals surface area contributed by atoms with Gasteiger partial charge in [-0.15, -0.1) is 0 Å². The highest BCUT2D eigenvalue weighted by Crippen LogP contribution is 2.47. The number of hydrogen-bond acceptors (Lipinski definition) is 6. The zero-order chi connectivity index (χ0) is 20.9. The molecule has 1 N–H and O–H groups in total. The van der Waals surface area contributed by atoms with Crippen LogP contribution in [0.4, 0.5) is 0 Å². The molecule has 2 aliphatic heterocycles. The molecule has 4 atom stereocenters. The number of amidine groups is 1. The van der Waals surface area contributed by atoms with Gasteiger partial charge in [-0.3, -0.25) is 14.6 Å². The van der Waals surface area contributed by atoms with Crippen molar-refractivity contribution in [2.24, 2.45) is 22.7 Å². The lowest BCUT2D eigenvalue weighted by molar-refractivity contribution is -0.121. The fourth-order valence-electron chi connectivity index (χ4n) is 5.75. The van der Waals surface area contributed by atoms with Crippen LogP contribution in [-0.2, 0) is 4.79 Å². The number of nitrogens with one attached hydrogen (secondary N) is 1. The summed E-state index contributed by atoms with van der Waals surface area (Å²) < 4.78 is 4.57. The summed E-state index contributed by atoms with van der Waals surface area (Å²) in [4.78, 5) is 32.1. The molecule has 1 aromatic heterocycles. The standard InChI is InChI=1S/C22H30N4O3S/c1-13-9-18(25-29-13)19(27)26-7-5-14(6-8-26)12-22(2)20(28)24-21(30-22)23-17-11-15-3-4-16(17)10-15/h9,14-17H,3-8,10-12H2,1-2H3,(H,23,24,28)/t15?,16?,17-,22?/m0/s1. The third kappa shape index (κ3) is 3.79. The molecule has 7 nitrogen and oxygen atoms in total. The molecule has 3 heterocycles. The number of carbonyl (C=O) groups excluding carboxylic acids is 2. The molecule has 2 aliphatic carbocycles. The second-order valence-electron chi connectivity index (χ2n) is 9.73. The van der Waals surface area contributed by atoms with E-state index in [2.05, 4.69) is 10.5 Å². The van der Waals surface area contributed by atoms with Crippen LogP contribution in [0.2, 0.25) is 0 Å². The highest BCUT2D eigenvalue weighted by Gasteiger charge is 2.46. The summed E-state index contributed by atoms with van der Waals surface area (Å²) in [7, 11) is 0. The molecule has 5 rings (SSSR count). The number of likely N-dealkylation sites (tertiary alicyclic amines) is 1. The van der Waals surface area contributed by atoms with E-state index in [-0.39, 0.29) is 11.8 Å². The number of aromatic nitrogens is 1. The minimum absolute atomic E-state index is 0.0650. The lowest BCUT2D eigenvalue weighted by Gasteiger charge is -2.34. The van der Waals surface area contributed by atoms with Crippen molar-refractivity contribution in [3.05, 3.63) is 17.5 Å². The molecule has 0 radical (unpaired) electrons. The lowest BCUT2D eigenvalue weighted by Crippen LogP contribution is -2.42. The van der Waals surface area contributed by atoms with Gasteiger partial charge in [0.1, 0.15) is 5.76 Å². The van der Waals surface area contributed by atoms with E-state index in [0.29, 0.717) is 36.5 Å². The van der Waals surface area contributed by atoms with E-state index in [4.69, 9.17) is 9.52 Å². The van der Waals surface area contributed by atoms with E-state index in [1.165, 1.54) is 25.7 Å². The molecular weight excluding hydrogens is 400 g/mol. The molecule has 2 amide bonds. The Kier molecular flexibility index (Phi) is 5.16. The minimum Gasteiger partial charge on any atom is -0.361 e. The fraction of sp³-hybridized carbons (Fsp3) is 0.727. The third-order valence-electron chi connectivity index (χ3n) is 7.43. The maximum absolute atomic E-state index is 12.8. The summed E-state index contributed by atoms with van der Waals surface area (Å²) in [5.41, 5.74) is 0.380. The number of thioether (sulfide) groups is 1. The highest BCUT2D eigenvalue weighted by molar-refractivity contribution is 8.16. The molecule has 3 unspecified atom stereocenters. The van der Waals surface area contributed by atoms with Crippen LogP contribution in [0.3, 0.4) is 0 Å². The van der Waals surface area contributed by atoms with Crippen molar-refractivity contribution in [3.8, 4) is 0 Å². The van der Waals surface area contributed by atoms with Gasteiger partial charge in [-0.2, -0.15) is 0 Å². The van der Waals surface area contributed by atoms with Crippen LogP contribution < -0.4 is 5.32 Å². The quantitative estimate of drug-likeness (QED) is 0.791. The van der Waals surface area contributed by atoms with Crippen LogP contribution >= 0.6 is 11.8 Å². The summed E-state index contributed by atoms with van der Waals surface area (Å²) in [6.45, 7) is 5.23. The predicted octanol–water partition coefficient (Wildman–Crippen LogP) is 3.39. The Morgan fingerprint density at radius 1 is 1.33 bits per heavy atom. The third-order valence-corrected chi connectivity index (χ3v) is 8.64. The van der Waals surface area contributed by atoms with Crippen molar-refractivity contribution in [2.75, 3.05) is 13.1 Å². The van der Waals surface area contributed by atoms with Gasteiger partial charge in [0.2, 0.25) is 5.91 Å². The van der Waals surface area contributed by atoms with Crippen LogP contribution in [-0.4, -0.2) is 50.9 Å². The first-order chi connectivity index (χ1) is 14.4. The molecule has 2 saturated heterocycles. The lowest BCUT2D eigenvalue weighted by atomic mass is 9.87. The molecule has 0 aromatic carbocycles. The maximum Gasteiger partial charge on any atom is 0.276 e. The number of aryl methyl sites for hydroxylation is 1. The normalized spacial score (nSPS) is 35.4. The molecule has 30 heavy (non-hydrogen) atoms. The Bertz CT molecular complexity index is 875. The second-order valence-corrected chi connectivity index (χ2v) is 11.2. The molecular formula is C22H30N4O3S.